The van der Waals surface area contributed by atoms with Gasteiger partial charge in [0.05, 0.1) is 37.3 Å². The van der Waals surface area contributed by atoms with Crippen LogP contribution in [0, 0.1) is 0 Å². The Morgan fingerprint density at radius 1 is 1.42 bits per heavy atom. The zero-order valence-electron chi connectivity index (χ0n) is 14.4. The monoisotopic (exact) mass is 356 g/mol. The molecule has 134 valence electrons. The fraction of sp³-hybridized carbons (Fsp3) is 0.562. The molecule has 0 spiro atoms. The van der Waals surface area contributed by atoms with Gasteiger partial charge in [-0.15, -0.1) is 0 Å². The van der Waals surface area contributed by atoms with E-state index in [0.29, 0.717) is 24.0 Å². The van der Waals surface area contributed by atoms with Crippen molar-refractivity contribution in [2.45, 2.75) is 37.6 Å². The predicted octanol–water partition coefficient (Wildman–Crippen LogP) is -0.000900. The predicted molar refractivity (Wildman–Crippen MR) is 91.9 cm³/mol. The van der Waals surface area contributed by atoms with Crippen LogP contribution in [-0.2, 0) is 14.8 Å². The van der Waals surface area contributed by atoms with E-state index >= 15 is 0 Å². The van der Waals surface area contributed by atoms with Crippen molar-refractivity contribution in [1.29, 1.82) is 0 Å². The fourth-order valence-corrected chi connectivity index (χ4v) is 4.22. The molecule has 1 fully saturated rings. The number of ether oxygens (including phenoxy) is 1. The van der Waals surface area contributed by atoms with E-state index in [0.717, 1.165) is 25.9 Å². The first-order valence-corrected chi connectivity index (χ1v) is 9.65. The van der Waals surface area contributed by atoms with Crippen LogP contribution in [0.25, 0.3) is 0 Å². The molecule has 24 heavy (non-hydrogen) atoms. The molecule has 2 rings (SSSR count). The van der Waals surface area contributed by atoms with Gasteiger partial charge >= 0.3 is 0 Å². The van der Waals surface area contributed by atoms with Crippen LogP contribution in [-0.4, -0.2) is 47.1 Å². The van der Waals surface area contributed by atoms with Gasteiger partial charge < -0.3 is 15.0 Å². The van der Waals surface area contributed by atoms with Crippen molar-refractivity contribution in [3.63, 3.8) is 0 Å². The van der Waals surface area contributed by atoms with Crippen molar-refractivity contribution in [2.24, 2.45) is 0 Å². The highest BCUT2D eigenvalue weighted by Crippen LogP contribution is 2.27. The molecule has 1 aromatic carbocycles. The Bertz CT molecular complexity index is 691. The standard InChI is InChI=1S/C16H25N3O4S/c1-4-19-9-5-6-13(19)11-17-24(21,22)14-7-8-15(18-12(2)20)16(10-14)23-3/h7-8,10,13,17H,4-6,9,11H2,1-3H3,(H,18,20)/p+1/t13-/m0/s1. The van der Waals surface area contributed by atoms with E-state index in [1.807, 2.05) is 0 Å². The van der Waals surface area contributed by atoms with Crippen LogP contribution >= 0.6 is 0 Å². The summed E-state index contributed by atoms with van der Waals surface area (Å²) in [6, 6.07) is 4.75. The largest absolute Gasteiger partial charge is 0.495 e. The smallest absolute Gasteiger partial charge is 0.240 e. The Morgan fingerprint density at radius 2 is 2.17 bits per heavy atom. The molecule has 1 aromatic rings. The first-order chi connectivity index (χ1) is 11.4. The van der Waals surface area contributed by atoms with Crippen LogP contribution in [0.15, 0.2) is 23.1 Å². The third-order valence-corrected chi connectivity index (χ3v) is 5.82. The summed E-state index contributed by atoms with van der Waals surface area (Å²) >= 11 is 0. The first-order valence-electron chi connectivity index (χ1n) is 8.17. The van der Waals surface area contributed by atoms with E-state index < -0.39 is 10.0 Å². The number of quaternary nitrogens is 1. The summed E-state index contributed by atoms with van der Waals surface area (Å²) in [5.74, 6) is 0.0700. The third kappa shape index (κ3) is 4.46. The molecule has 1 amide bonds. The fourth-order valence-electron chi connectivity index (χ4n) is 3.12. The van der Waals surface area contributed by atoms with Gasteiger partial charge in [-0.25, -0.2) is 13.1 Å². The quantitative estimate of drug-likeness (QED) is 0.642. The number of anilines is 1. The number of likely N-dealkylation sites (tertiary alicyclic amines) is 1. The van der Waals surface area contributed by atoms with Gasteiger partial charge in [0.2, 0.25) is 15.9 Å². The molecule has 3 N–H and O–H groups in total. The summed E-state index contributed by atoms with van der Waals surface area (Å²) < 4.78 is 32.9. The van der Waals surface area contributed by atoms with E-state index in [1.165, 1.54) is 37.1 Å². The van der Waals surface area contributed by atoms with Gasteiger partial charge in [-0.2, -0.15) is 0 Å². The molecule has 1 aliphatic rings. The maximum absolute atomic E-state index is 12.5. The molecule has 0 saturated carbocycles. The van der Waals surface area contributed by atoms with Crippen LogP contribution in [0.2, 0.25) is 0 Å². The van der Waals surface area contributed by atoms with Crippen molar-refractivity contribution in [1.82, 2.24) is 4.72 Å². The van der Waals surface area contributed by atoms with E-state index in [2.05, 4.69) is 17.0 Å². The van der Waals surface area contributed by atoms with E-state index in [9.17, 15) is 13.2 Å². The zero-order chi connectivity index (χ0) is 17.7. The van der Waals surface area contributed by atoms with E-state index in [-0.39, 0.29) is 10.8 Å². The number of benzene rings is 1. The van der Waals surface area contributed by atoms with Crippen molar-refractivity contribution >= 4 is 21.6 Å². The second kappa shape index (κ2) is 7.96. The maximum Gasteiger partial charge on any atom is 0.240 e. The number of amides is 1. The van der Waals surface area contributed by atoms with Crippen LogP contribution in [0.1, 0.15) is 26.7 Å². The summed E-state index contributed by atoms with van der Waals surface area (Å²) in [4.78, 5) is 12.7. The highest BCUT2D eigenvalue weighted by Gasteiger charge is 2.28. The number of hydrogen-bond donors (Lipinski definition) is 3. The number of rotatable bonds is 7. The lowest BCUT2D eigenvalue weighted by Crippen LogP contribution is -3.14. The normalized spacial score (nSPS) is 20.8. The molecule has 0 aliphatic carbocycles. The Balaban J connectivity index is 2.12. The highest BCUT2D eigenvalue weighted by molar-refractivity contribution is 7.89. The van der Waals surface area contributed by atoms with Gasteiger partial charge in [-0.05, 0) is 19.1 Å². The number of hydrogen-bond acceptors (Lipinski definition) is 4. The first kappa shape index (κ1) is 18.7. The van der Waals surface area contributed by atoms with Gasteiger partial charge in [-0.3, -0.25) is 4.79 Å². The van der Waals surface area contributed by atoms with Crippen molar-refractivity contribution < 1.29 is 22.8 Å². The molecule has 1 unspecified atom stereocenters. The SMILES string of the molecule is CC[NH+]1CCC[C@H]1CNS(=O)(=O)c1ccc(NC(C)=O)c(OC)c1. The lowest BCUT2D eigenvalue weighted by Gasteiger charge is -2.20. The molecule has 2 atom stereocenters. The molecule has 1 saturated heterocycles. The van der Waals surface area contributed by atoms with Gasteiger partial charge in [0.15, 0.2) is 0 Å². The minimum atomic E-state index is -3.61. The number of methoxy groups -OCH3 is 1. The van der Waals surface area contributed by atoms with Gasteiger partial charge in [0, 0.05) is 25.8 Å². The number of sulfonamides is 1. The lowest BCUT2D eigenvalue weighted by molar-refractivity contribution is -0.909. The molecular weight excluding hydrogens is 330 g/mol. The van der Waals surface area contributed by atoms with Gasteiger partial charge in [0.1, 0.15) is 11.8 Å². The van der Waals surface area contributed by atoms with E-state index in [1.54, 1.807) is 0 Å². The van der Waals surface area contributed by atoms with Crippen LogP contribution in [0.3, 0.4) is 0 Å². The highest BCUT2D eigenvalue weighted by atomic mass is 32.2. The van der Waals surface area contributed by atoms with Crippen molar-refractivity contribution in [3.05, 3.63) is 18.2 Å². The molecule has 1 aliphatic heterocycles. The second-order valence-corrected chi connectivity index (χ2v) is 7.76. The Labute approximate surface area is 143 Å². The van der Waals surface area contributed by atoms with Crippen LogP contribution in [0.5, 0.6) is 5.75 Å². The molecule has 1 heterocycles. The minimum Gasteiger partial charge on any atom is -0.495 e. The Kier molecular flexibility index (Phi) is 6.20. The molecule has 0 radical (unpaired) electrons. The topological polar surface area (TPSA) is 88.9 Å². The van der Waals surface area contributed by atoms with Crippen LogP contribution in [0.4, 0.5) is 5.69 Å². The second-order valence-electron chi connectivity index (χ2n) is 6.00. The Morgan fingerprint density at radius 3 is 2.79 bits per heavy atom. The minimum absolute atomic E-state index is 0.129. The number of likely N-dealkylation sites (N-methyl/N-ethyl adjacent to an activating group) is 1. The molecule has 0 aromatic heterocycles. The summed E-state index contributed by atoms with van der Waals surface area (Å²) in [6.45, 7) is 6.04. The Hall–Kier alpha value is -1.64. The summed E-state index contributed by atoms with van der Waals surface area (Å²) in [5.41, 5.74) is 0.446. The molecule has 0 bridgehead atoms. The average molecular weight is 356 g/mol. The van der Waals surface area contributed by atoms with Crippen LogP contribution < -0.4 is 19.7 Å². The maximum atomic E-state index is 12.5. The third-order valence-electron chi connectivity index (χ3n) is 4.40. The number of carbonyl (C=O) groups is 1. The zero-order valence-corrected chi connectivity index (χ0v) is 15.2. The summed E-state index contributed by atoms with van der Waals surface area (Å²) in [7, 11) is -2.18. The lowest BCUT2D eigenvalue weighted by atomic mass is 10.2. The molecule has 8 heteroatoms. The van der Waals surface area contributed by atoms with Gasteiger partial charge in [-0.1, -0.05) is 0 Å². The summed E-state index contributed by atoms with van der Waals surface area (Å²) in [5, 5.41) is 2.61. The van der Waals surface area contributed by atoms with Gasteiger partial charge in [0.25, 0.3) is 0 Å². The number of carbonyl (C=O) groups excluding carboxylic acids is 1. The van der Waals surface area contributed by atoms with Crippen molar-refractivity contribution in [3.8, 4) is 5.75 Å². The number of nitrogens with one attached hydrogen (secondary N) is 3. The molecular formula is C16H26N3O4S+. The molecule has 7 nitrogen and oxygen atoms in total. The summed E-state index contributed by atoms with van der Waals surface area (Å²) in [6.07, 6.45) is 2.17. The van der Waals surface area contributed by atoms with Crippen molar-refractivity contribution in [2.75, 3.05) is 32.1 Å². The van der Waals surface area contributed by atoms with E-state index in [4.69, 9.17) is 4.74 Å². The average Bonchev–Trinajstić information content (AvgIpc) is 3.00.